The molecule has 2 aromatic heterocycles. The van der Waals surface area contributed by atoms with Gasteiger partial charge in [-0.15, -0.1) is 0 Å². The maximum Gasteiger partial charge on any atom is 0.227 e. The standard InChI is InChI=1S/C23H21N3O/c1-15-12-16-6-2-5-9-22(16)26(15)23(27)11-10-17-13-19-18-7-3-4-8-20(18)25-21(19)14-24-17/h2-9,13-15,25H,10-12H2,1H3. The fourth-order valence-electron chi connectivity index (χ4n) is 4.23. The van der Waals surface area contributed by atoms with Crippen molar-refractivity contribution in [3.05, 3.63) is 72.1 Å². The lowest BCUT2D eigenvalue weighted by molar-refractivity contribution is -0.118. The van der Waals surface area contributed by atoms with Crippen molar-refractivity contribution in [2.24, 2.45) is 0 Å². The summed E-state index contributed by atoms with van der Waals surface area (Å²) in [6.45, 7) is 2.12. The molecule has 0 spiro atoms. The minimum absolute atomic E-state index is 0.174. The van der Waals surface area contributed by atoms with Gasteiger partial charge in [-0.25, -0.2) is 0 Å². The van der Waals surface area contributed by atoms with Crippen LogP contribution in [0.3, 0.4) is 0 Å². The Hall–Kier alpha value is -3.14. The molecule has 134 valence electrons. The maximum atomic E-state index is 12.9. The highest BCUT2D eigenvalue weighted by Gasteiger charge is 2.30. The molecule has 1 aliphatic rings. The molecule has 0 fully saturated rings. The van der Waals surface area contributed by atoms with E-state index in [0.717, 1.165) is 28.8 Å². The first kappa shape index (κ1) is 16.1. The van der Waals surface area contributed by atoms with Crippen molar-refractivity contribution in [2.45, 2.75) is 32.2 Å². The summed E-state index contributed by atoms with van der Waals surface area (Å²) < 4.78 is 0. The second-order valence-corrected chi connectivity index (χ2v) is 7.34. The number of carbonyl (C=O) groups is 1. The number of anilines is 1. The van der Waals surface area contributed by atoms with Gasteiger partial charge in [0.2, 0.25) is 5.91 Å². The summed E-state index contributed by atoms with van der Waals surface area (Å²) in [6, 6.07) is 18.8. The first-order valence-corrected chi connectivity index (χ1v) is 9.46. The molecule has 0 saturated carbocycles. The van der Waals surface area contributed by atoms with Gasteiger partial charge in [-0.2, -0.15) is 0 Å². The van der Waals surface area contributed by atoms with Crippen LogP contribution in [0.2, 0.25) is 0 Å². The Morgan fingerprint density at radius 1 is 1.11 bits per heavy atom. The first-order valence-electron chi connectivity index (χ1n) is 9.46. The Balaban J connectivity index is 1.38. The average Bonchev–Trinajstić information content (AvgIpc) is 3.22. The van der Waals surface area contributed by atoms with E-state index >= 15 is 0 Å². The zero-order valence-corrected chi connectivity index (χ0v) is 15.3. The molecule has 4 aromatic rings. The van der Waals surface area contributed by atoms with Crippen LogP contribution in [0, 0.1) is 0 Å². The summed E-state index contributed by atoms with van der Waals surface area (Å²) in [5, 5.41) is 2.37. The number of pyridine rings is 1. The predicted molar refractivity (Wildman–Crippen MR) is 109 cm³/mol. The van der Waals surface area contributed by atoms with E-state index in [-0.39, 0.29) is 11.9 Å². The average molecular weight is 355 g/mol. The molecule has 1 amide bonds. The topological polar surface area (TPSA) is 49.0 Å². The van der Waals surface area contributed by atoms with Crippen LogP contribution in [0.25, 0.3) is 21.8 Å². The summed E-state index contributed by atoms with van der Waals surface area (Å²) in [5.41, 5.74) is 5.44. The van der Waals surface area contributed by atoms with E-state index in [1.807, 2.05) is 41.4 Å². The lowest BCUT2D eigenvalue weighted by Gasteiger charge is -2.22. The Labute approximate surface area is 157 Å². The van der Waals surface area contributed by atoms with Crippen molar-refractivity contribution in [2.75, 3.05) is 4.90 Å². The van der Waals surface area contributed by atoms with Gasteiger partial charge in [0.15, 0.2) is 0 Å². The predicted octanol–water partition coefficient (Wildman–Crippen LogP) is 4.63. The summed E-state index contributed by atoms with van der Waals surface area (Å²) >= 11 is 0. The van der Waals surface area contributed by atoms with Crippen LogP contribution in [0.5, 0.6) is 0 Å². The Bertz CT molecular complexity index is 1160. The summed E-state index contributed by atoms with van der Waals surface area (Å²) in [6.07, 6.45) is 3.93. The third kappa shape index (κ3) is 2.69. The van der Waals surface area contributed by atoms with Crippen LogP contribution < -0.4 is 4.90 Å². The Kier molecular flexibility index (Phi) is 3.71. The maximum absolute atomic E-state index is 12.9. The van der Waals surface area contributed by atoms with Crippen LogP contribution in [0.4, 0.5) is 5.69 Å². The van der Waals surface area contributed by atoms with Crippen LogP contribution in [-0.2, 0) is 17.6 Å². The number of hydrogen-bond acceptors (Lipinski definition) is 2. The van der Waals surface area contributed by atoms with E-state index < -0.39 is 0 Å². The lowest BCUT2D eigenvalue weighted by Crippen LogP contribution is -2.35. The number of para-hydroxylation sites is 2. The van der Waals surface area contributed by atoms with E-state index in [1.165, 1.54) is 16.3 Å². The van der Waals surface area contributed by atoms with Gasteiger partial charge in [0.25, 0.3) is 0 Å². The van der Waals surface area contributed by atoms with Gasteiger partial charge in [-0.1, -0.05) is 36.4 Å². The Morgan fingerprint density at radius 3 is 2.85 bits per heavy atom. The number of nitrogens with one attached hydrogen (secondary N) is 1. The van der Waals surface area contributed by atoms with Crippen LogP contribution in [-0.4, -0.2) is 21.9 Å². The lowest BCUT2D eigenvalue weighted by atomic mass is 10.1. The van der Waals surface area contributed by atoms with E-state index in [1.54, 1.807) is 0 Å². The van der Waals surface area contributed by atoms with Crippen molar-refractivity contribution < 1.29 is 4.79 Å². The smallest absolute Gasteiger partial charge is 0.227 e. The van der Waals surface area contributed by atoms with Crippen molar-refractivity contribution in [3.63, 3.8) is 0 Å². The van der Waals surface area contributed by atoms with Gasteiger partial charge < -0.3 is 9.88 Å². The fraction of sp³-hybridized carbons (Fsp3) is 0.217. The van der Waals surface area contributed by atoms with E-state index in [0.29, 0.717) is 12.8 Å². The summed E-state index contributed by atoms with van der Waals surface area (Å²) in [5.74, 6) is 0.174. The Morgan fingerprint density at radius 2 is 1.93 bits per heavy atom. The minimum Gasteiger partial charge on any atom is -0.353 e. The molecule has 0 bridgehead atoms. The molecule has 2 aromatic carbocycles. The van der Waals surface area contributed by atoms with Gasteiger partial charge in [0.05, 0.1) is 11.7 Å². The monoisotopic (exact) mass is 355 g/mol. The molecule has 1 aliphatic heterocycles. The second kappa shape index (κ2) is 6.23. The molecule has 0 aliphatic carbocycles. The summed E-state index contributed by atoms with van der Waals surface area (Å²) in [7, 11) is 0. The number of rotatable bonds is 3. The van der Waals surface area contributed by atoms with E-state index in [4.69, 9.17) is 0 Å². The minimum atomic E-state index is 0.174. The molecule has 1 N–H and O–H groups in total. The molecule has 1 unspecified atom stereocenters. The quantitative estimate of drug-likeness (QED) is 0.583. The third-order valence-corrected chi connectivity index (χ3v) is 5.52. The van der Waals surface area contributed by atoms with Gasteiger partial charge in [-0.3, -0.25) is 9.78 Å². The normalized spacial score (nSPS) is 16.2. The largest absolute Gasteiger partial charge is 0.353 e. The molecular formula is C23H21N3O. The molecular weight excluding hydrogens is 334 g/mol. The number of carbonyl (C=O) groups excluding carboxylic acids is 1. The van der Waals surface area contributed by atoms with Gasteiger partial charge in [0.1, 0.15) is 0 Å². The number of nitrogens with zero attached hydrogens (tertiary/aromatic N) is 2. The van der Waals surface area contributed by atoms with Crippen molar-refractivity contribution in [1.29, 1.82) is 0 Å². The molecule has 27 heavy (non-hydrogen) atoms. The number of fused-ring (bicyclic) bond motifs is 4. The van der Waals surface area contributed by atoms with Crippen LogP contribution >= 0.6 is 0 Å². The number of amides is 1. The SMILES string of the molecule is CC1Cc2ccccc2N1C(=O)CCc1cc2c(cn1)[nH]c1ccccc12. The highest BCUT2D eigenvalue weighted by molar-refractivity contribution is 6.07. The number of aryl methyl sites for hydroxylation is 1. The van der Waals surface area contributed by atoms with Gasteiger partial charge >= 0.3 is 0 Å². The number of aromatic nitrogens is 2. The fourth-order valence-corrected chi connectivity index (χ4v) is 4.23. The van der Waals surface area contributed by atoms with Crippen LogP contribution in [0.15, 0.2) is 60.8 Å². The zero-order valence-electron chi connectivity index (χ0n) is 15.3. The van der Waals surface area contributed by atoms with Crippen LogP contribution in [0.1, 0.15) is 24.6 Å². The molecule has 1 atom stereocenters. The molecule has 0 saturated heterocycles. The zero-order chi connectivity index (χ0) is 18.4. The van der Waals surface area contributed by atoms with Crippen molar-refractivity contribution in [3.8, 4) is 0 Å². The highest BCUT2D eigenvalue weighted by atomic mass is 16.2. The second-order valence-electron chi connectivity index (χ2n) is 7.34. The highest BCUT2D eigenvalue weighted by Crippen LogP contribution is 2.32. The number of aromatic amines is 1. The number of hydrogen-bond donors (Lipinski definition) is 1. The number of benzene rings is 2. The number of H-pyrrole nitrogens is 1. The molecule has 0 radical (unpaired) electrons. The third-order valence-electron chi connectivity index (χ3n) is 5.52. The van der Waals surface area contributed by atoms with Crippen molar-refractivity contribution >= 4 is 33.4 Å². The van der Waals surface area contributed by atoms with Gasteiger partial charge in [-0.05, 0) is 43.5 Å². The van der Waals surface area contributed by atoms with Gasteiger partial charge in [0, 0.05) is 40.1 Å². The van der Waals surface area contributed by atoms with E-state index in [2.05, 4.69) is 41.2 Å². The van der Waals surface area contributed by atoms with Crippen molar-refractivity contribution in [1.82, 2.24) is 9.97 Å². The molecule has 4 heteroatoms. The molecule has 5 rings (SSSR count). The first-order chi connectivity index (χ1) is 13.2. The molecule has 4 nitrogen and oxygen atoms in total. The molecule has 3 heterocycles. The van der Waals surface area contributed by atoms with E-state index in [9.17, 15) is 4.79 Å². The summed E-state index contributed by atoms with van der Waals surface area (Å²) in [4.78, 5) is 22.8.